The number of aromatic nitrogens is 2. The van der Waals surface area contributed by atoms with Crippen LogP contribution in [0.2, 0.25) is 0 Å². The molecule has 6 nitrogen and oxygen atoms in total. The summed E-state index contributed by atoms with van der Waals surface area (Å²) in [6.45, 7) is 4.70. The second-order valence-corrected chi connectivity index (χ2v) is 11.8. The molecule has 1 aromatic heterocycles. The van der Waals surface area contributed by atoms with Crippen LogP contribution in [0.5, 0.6) is 0 Å². The largest absolute Gasteiger partial charge is 0.416 e. The maximum absolute atomic E-state index is 13.6. The number of fused-ring (bicyclic) bond motifs is 2. The highest BCUT2D eigenvalue weighted by Crippen LogP contribution is 2.45. The minimum atomic E-state index is -4.44. The first-order valence-electron chi connectivity index (χ1n) is 12.9. The van der Waals surface area contributed by atoms with Crippen LogP contribution in [0.1, 0.15) is 23.2 Å². The number of ether oxygens (including phenoxy) is 1. The Labute approximate surface area is 226 Å². The molecule has 6 rings (SSSR count). The van der Waals surface area contributed by atoms with E-state index in [2.05, 4.69) is 16.1 Å². The van der Waals surface area contributed by atoms with Crippen molar-refractivity contribution in [2.45, 2.75) is 23.9 Å². The Bertz CT molecular complexity index is 1400. The molecule has 0 N–H and O–H groups in total. The molecule has 0 amide bonds. The first kappa shape index (κ1) is 26.4. The topological polar surface area (TPSA) is 50.6 Å². The van der Waals surface area contributed by atoms with E-state index in [1.807, 2.05) is 15.2 Å². The monoisotopic (exact) mass is 560 g/mol. The van der Waals surface area contributed by atoms with Crippen molar-refractivity contribution < 1.29 is 26.5 Å². The molecule has 3 aromatic rings. The third-order valence-corrected chi connectivity index (χ3v) is 9.29. The zero-order chi connectivity index (χ0) is 27.2. The predicted molar refractivity (Wildman–Crippen MR) is 139 cm³/mol. The summed E-state index contributed by atoms with van der Waals surface area (Å²) >= 11 is 0. The molecule has 2 aromatic carbocycles. The number of rotatable bonds is 5. The molecule has 0 bridgehead atoms. The van der Waals surface area contributed by atoms with Gasteiger partial charge in [-0.3, -0.25) is 4.90 Å². The summed E-state index contributed by atoms with van der Waals surface area (Å²) in [6, 6.07) is 10.8. The van der Waals surface area contributed by atoms with Gasteiger partial charge in [-0.1, -0.05) is 5.57 Å². The van der Waals surface area contributed by atoms with Crippen LogP contribution in [0.25, 0.3) is 11.8 Å². The lowest BCUT2D eigenvalue weighted by Gasteiger charge is -2.48. The van der Waals surface area contributed by atoms with Crippen LogP contribution in [0.3, 0.4) is 0 Å². The highest BCUT2D eigenvalue weighted by Gasteiger charge is 2.45. The van der Waals surface area contributed by atoms with Gasteiger partial charge in [0.25, 0.3) is 0 Å². The zero-order valence-corrected chi connectivity index (χ0v) is 22.0. The Hall–Kier alpha value is -2.86. The van der Waals surface area contributed by atoms with Crippen molar-refractivity contribution in [3.63, 3.8) is 0 Å². The molecule has 2 saturated heterocycles. The molecule has 3 heterocycles. The number of halogens is 4. The van der Waals surface area contributed by atoms with Gasteiger partial charge in [-0.05, 0) is 73.0 Å². The second kappa shape index (κ2) is 10.3. The first-order valence-corrected chi connectivity index (χ1v) is 14.0. The molecule has 0 spiro atoms. The smallest absolute Gasteiger partial charge is 0.379 e. The van der Waals surface area contributed by atoms with Gasteiger partial charge in [0.2, 0.25) is 0 Å². The van der Waals surface area contributed by atoms with Crippen molar-refractivity contribution in [1.82, 2.24) is 19.0 Å². The van der Waals surface area contributed by atoms with E-state index in [0.29, 0.717) is 44.0 Å². The fraction of sp³-hybridized carbons (Fsp3) is 0.393. The van der Waals surface area contributed by atoms with Crippen LogP contribution in [-0.2, 0) is 28.3 Å². The number of morpholine rings is 1. The van der Waals surface area contributed by atoms with Gasteiger partial charge in [-0.15, -0.1) is 0 Å². The summed E-state index contributed by atoms with van der Waals surface area (Å²) in [5.41, 5.74) is 2.95. The van der Waals surface area contributed by atoms with Crippen molar-refractivity contribution >= 4 is 17.1 Å². The van der Waals surface area contributed by atoms with Gasteiger partial charge in [-0.2, -0.15) is 18.3 Å². The van der Waals surface area contributed by atoms with Gasteiger partial charge >= 0.3 is 6.18 Å². The van der Waals surface area contributed by atoms with E-state index in [1.54, 1.807) is 12.1 Å². The van der Waals surface area contributed by atoms with Crippen molar-refractivity contribution in [3.05, 3.63) is 82.9 Å². The van der Waals surface area contributed by atoms with Crippen LogP contribution >= 0.6 is 0 Å². The summed E-state index contributed by atoms with van der Waals surface area (Å²) in [7, 11) is -1.60. The van der Waals surface area contributed by atoms with Crippen LogP contribution in [-0.4, -0.2) is 69.1 Å². The maximum Gasteiger partial charge on any atom is 0.416 e. The van der Waals surface area contributed by atoms with Gasteiger partial charge in [0.05, 0.1) is 41.3 Å². The van der Waals surface area contributed by atoms with Gasteiger partial charge in [0.15, 0.2) is 0 Å². The third-order valence-electron chi connectivity index (χ3n) is 7.84. The number of piperidine rings is 1. The summed E-state index contributed by atoms with van der Waals surface area (Å²) in [6.07, 6.45) is 0.941. The molecular formula is C28H28F4N4O2S. The molecule has 1 unspecified atom stereocenters. The number of nitrogens with zero attached hydrogens (tertiary/aromatic N) is 4. The number of benzene rings is 2. The predicted octanol–water partition coefficient (Wildman–Crippen LogP) is 4.72. The third kappa shape index (κ3) is 5.20. The minimum Gasteiger partial charge on any atom is -0.379 e. The number of alkyl halides is 3. The summed E-state index contributed by atoms with van der Waals surface area (Å²) in [5, 5.41) is 4.61. The average Bonchev–Trinajstić information content (AvgIpc) is 3.33. The summed E-state index contributed by atoms with van der Waals surface area (Å²) in [4.78, 5) is 2.73. The van der Waals surface area contributed by atoms with Crippen LogP contribution in [0.15, 0.2) is 65.2 Å². The summed E-state index contributed by atoms with van der Waals surface area (Å²) in [5.74, 6) is -0.309. The fourth-order valence-electron chi connectivity index (χ4n) is 5.87. The zero-order valence-electron chi connectivity index (χ0n) is 21.2. The average molecular weight is 561 g/mol. The van der Waals surface area contributed by atoms with E-state index in [1.165, 1.54) is 29.8 Å². The highest BCUT2D eigenvalue weighted by atomic mass is 32.2. The van der Waals surface area contributed by atoms with Crippen molar-refractivity contribution in [3.8, 4) is 5.69 Å². The van der Waals surface area contributed by atoms with Gasteiger partial charge in [-0.25, -0.2) is 17.6 Å². The Kier molecular flexibility index (Phi) is 6.95. The minimum absolute atomic E-state index is 0.309. The maximum atomic E-state index is 13.6. The van der Waals surface area contributed by atoms with E-state index < -0.39 is 22.7 Å². The molecule has 0 saturated carbocycles. The van der Waals surface area contributed by atoms with Gasteiger partial charge in [0, 0.05) is 38.1 Å². The summed E-state index contributed by atoms with van der Waals surface area (Å²) < 4.78 is 75.5. The lowest BCUT2D eigenvalue weighted by molar-refractivity contribution is -0.137. The Morgan fingerprint density at radius 1 is 1.00 bits per heavy atom. The Morgan fingerprint density at radius 2 is 1.72 bits per heavy atom. The van der Waals surface area contributed by atoms with E-state index in [9.17, 15) is 21.8 Å². The molecule has 2 atom stereocenters. The lowest BCUT2D eigenvalue weighted by Crippen LogP contribution is -2.54. The standard InChI is InChI=1S/C28H28F4N4O2S/c29-23-3-5-24(6-4-23)36-26-15-22-9-10-35(39(37)25-7-1-21(2-8-25)28(30,31)32)19-27(22,16-20(26)17-33-36)18-34-11-13-38-14-12-34/h1-8,15,17H,9-14,16,18-19H2/t27-,39?/m0/s1. The van der Waals surface area contributed by atoms with Gasteiger partial charge < -0.3 is 4.74 Å². The van der Waals surface area contributed by atoms with Crippen LogP contribution in [0.4, 0.5) is 17.6 Å². The van der Waals surface area contributed by atoms with Crippen LogP contribution < -0.4 is 0 Å². The van der Waals surface area contributed by atoms with Crippen molar-refractivity contribution in [2.24, 2.45) is 5.41 Å². The fourth-order valence-corrected chi connectivity index (χ4v) is 7.16. The molecule has 3 aliphatic rings. The Morgan fingerprint density at radius 3 is 2.41 bits per heavy atom. The molecule has 0 radical (unpaired) electrons. The lowest BCUT2D eigenvalue weighted by atomic mass is 9.68. The van der Waals surface area contributed by atoms with E-state index in [4.69, 9.17) is 4.74 Å². The first-order chi connectivity index (χ1) is 18.7. The number of hydrogen-bond donors (Lipinski definition) is 0. The van der Waals surface area contributed by atoms with E-state index in [0.717, 1.165) is 48.7 Å². The number of hydrogen-bond acceptors (Lipinski definition) is 4. The van der Waals surface area contributed by atoms with Crippen LogP contribution in [0, 0.1) is 11.2 Å². The van der Waals surface area contributed by atoms with E-state index in [-0.39, 0.29) is 11.2 Å². The molecule has 39 heavy (non-hydrogen) atoms. The molecule has 11 heteroatoms. The molecule has 2 fully saturated rings. The SMILES string of the molecule is O=S(c1ccc(C(F)(F)F)cc1)N1CCC2=Cc3c(cnn3-c3ccc(F)cc3)C[C@]2(CN2CCOCC2)C1. The van der Waals surface area contributed by atoms with Crippen molar-refractivity contribution in [1.29, 1.82) is 0 Å². The second-order valence-electron chi connectivity index (χ2n) is 10.3. The van der Waals surface area contributed by atoms with Crippen molar-refractivity contribution in [2.75, 3.05) is 45.9 Å². The normalized spacial score (nSPS) is 23.1. The quantitative estimate of drug-likeness (QED) is 0.424. The molecule has 206 valence electrons. The molecule has 1 aliphatic carbocycles. The molecule has 2 aliphatic heterocycles. The molecular weight excluding hydrogens is 532 g/mol. The van der Waals surface area contributed by atoms with E-state index >= 15 is 0 Å². The highest BCUT2D eigenvalue weighted by molar-refractivity contribution is 7.82. The van der Waals surface area contributed by atoms with Gasteiger partial charge in [0.1, 0.15) is 16.8 Å². The Balaban J connectivity index is 1.31.